The molecule has 0 radical (unpaired) electrons. The Morgan fingerprint density at radius 3 is 2.75 bits per heavy atom. The minimum Gasteiger partial charge on any atom is -0.508 e. The van der Waals surface area contributed by atoms with Crippen LogP contribution in [0.1, 0.15) is 38.9 Å². The summed E-state index contributed by atoms with van der Waals surface area (Å²) in [7, 11) is 0. The molecule has 5 rings (SSSR count). The summed E-state index contributed by atoms with van der Waals surface area (Å²) in [6, 6.07) is 15.0. The van der Waals surface area contributed by atoms with Crippen LogP contribution in [0.5, 0.6) is 5.75 Å². The molecule has 0 aliphatic carbocycles. The number of H-pyrrole nitrogens is 2. The van der Waals surface area contributed by atoms with Gasteiger partial charge in [0, 0.05) is 34.9 Å². The van der Waals surface area contributed by atoms with E-state index in [9.17, 15) is 9.90 Å². The van der Waals surface area contributed by atoms with Gasteiger partial charge in [-0.25, -0.2) is 0 Å². The number of rotatable bonds is 4. The van der Waals surface area contributed by atoms with Crippen LogP contribution in [0, 0.1) is 6.92 Å². The number of aromatic nitrogens is 3. The Morgan fingerprint density at radius 1 is 1.14 bits per heavy atom. The van der Waals surface area contributed by atoms with Crippen molar-refractivity contribution < 1.29 is 9.90 Å². The molecule has 6 heteroatoms. The summed E-state index contributed by atoms with van der Waals surface area (Å²) >= 11 is 0. The summed E-state index contributed by atoms with van der Waals surface area (Å²) in [5, 5.41) is 18.0. The SMILES string of the molecule is Cc1[nH]nc2c1[C@H](c1ccc(O)cc1)N(CCc1c[nH]c3ccccc13)C2=O. The number of hydrogen-bond donors (Lipinski definition) is 3. The molecule has 3 heterocycles. The van der Waals surface area contributed by atoms with E-state index in [0.29, 0.717) is 12.2 Å². The molecular weight excluding hydrogens is 352 g/mol. The molecule has 1 amide bonds. The Morgan fingerprint density at radius 2 is 1.93 bits per heavy atom. The monoisotopic (exact) mass is 372 g/mol. The first-order valence-corrected chi connectivity index (χ1v) is 9.33. The molecule has 3 N–H and O–H groups in total. The average Bonchev–Trinajstić information content (AvgIpc) is 3.36. The normalized spacial score (nSPS) is 16.1. The topological polar surface area (TPSA) is 85.0 Å². The lowest BCUT2D eigenvalue weighted by atomic mass is 9.99. The van der Waals surface area contributed by atoms with Crippen LogP contribution in [-0.2, 0) is 6.42 Å². The van der Waals surface area contributed by atoms with Crippen LogP contribution in [0.3, 0.4) is 0 Å². The Kier molecular flexibility index (Phi) is 3.72. The van der Waals surface area contributed by atoms with Gasteiger partial charge in [0.05, 0.1) is 6.04 Å². The summed E-state index contributed by atoms with van der Waals surface area (Å²) < 4.78 is 0. The van der Waals surface area contributed by atoms with Crippen LogP contribution >= 0.6 is 0 Å². The predicted octanol–water partition coefficient (Wildman–Crippen LogP) is 3.69. The van der Waals surface area contributed by atoms with Crippen LogP contribution in [0.15, 0.2) is 54.7 Å². The fourth-order valence-electron chi connectivity index (χ4n) is 4.16. The highest BCUT2D eigenvalue weighted by molar-refractivity contribution is 5.98. The molecule has 6 nitrogen and oxygen atoms in total. The first-order valence-electron chi connectivity index (χ1n) is 9.33. The number of para-hydroxylation sites is 1. The maximum absolute atomic E-state index is 13.1. The lowest BCUT2D eigenvalue weighted by molar-refractivity contribution is 0.0745. The van der Waals surface area contributed by atoms with Crippen molar-refractivity contribution >= 4 is 16.8 Å². The maximum Gasteiger partial charge on any atom is 0.275 e. The number of benzene rings is 2. The van der Waals surface area contributed by atoms with Gasteiger partial charge in [-0.3, -0.25) is 9.89 Å². The lowest BCUT2D eigenvalue weighted by Gasteiger charge is -2.26. The van der Waals surface area contributed by atoms with Crippen molar-refractivity contribution in [2.75, 3.05) is 6.54 Å². The number of amides is 1. The van der Waals surface area contributed by atoms with Crippen molar-refractivity contribution in [3.05, 3.63) is 82.8 Å². The van der Waals surface area contributed by atoms with Crippen molar-refractivity contribution in [1.82, 2.24) is 20.1 Å². The third kappa shape index (κ3) is 2.49. The van der Waals surface area contributed by atoms with Gasteiger partial charge in [-0.05, 0) is 42.7 Å². The molecule has 1 aliphatic heterocycles. The number of phenols is 1. The molecule has 1 aliphatic rings. The van der Waals surface area contributed by atoms with E-state index in [-0.39, 0.29) is 17.7 Å². The first kappa shape index (κ1) is 16.6. The zero-order valence-corrected chi connectivity index (χ0v) is 15.4. The second-order valence-corrected chi connectivity index (χ2v) is 7.21. The standard InChI is InChI=1S/C22H20N4O2/c1-13-19-20(25-24-13)22(28)26(21(19)14-6-8-16(27)9-7-14)11-10-15-12-23-18-5-3-2-4-17(15)18/h2-9,12,21,23,27H,10-11H2,1H3,(H,24,25)/t21-/m0/s1. The fourth-order valence-corrected chi connectivity index (χ4v) is 4.16. The third-order valence-corrected chi connectivity index (χ3v) is 5.55. The van der Waals surface area contributed by atoms with Crippen molar-refractivity contribution in [3.63, 3.8) is 0 Å². The molecule has 4 aromatic rings. The highest BCUT2D eigenvalue weighted by atomic mass is 16.3. The zero-order chi connectivity index (χ0) is 19.3. The zero-order valence-electron chi connectivity index (χ0n) is 15.4. The van der Waals surface area contributed by atoms with Gasteiger partial charge in [0.2, 0.25) is 0 Å². The van der Waals surface area contributed by atoms with Crippen molar-refractivity contribution in [1.29, 1.82) is 0 Å². The van der Waals surface area contributed by atoms with Gasteiger partial charge >= 0.3 is 0 Å². The summed E-state index contributed by atoms with van der Waals surface area (Å²) in [5.41, 5.74) is 5.58. The molecule has 0 spiro atoms. The van der Waals surface area contributed by atoms with Crippen LogP contribution < -0.4 is 0 Å². The molecule has 1 atom stereocenters. The molecule has 0 saturated heterocycles. The van der Waals surface area contributed by atoms with Crippen molar-refractivity contribution in [2.45, 2.75) is 19.4 Å². The third-order valence-electron chi connectivity index (χ3n) is 5.55. The number of carbonyl (C=O) groups is 1. The molecule has 2 aromatic heterocycles. The van der Waals surface area contributed by atoms with Gasteiger partial charge < -0.3 is 15.0 Å². The Hall–Kier alpha value is -3.54. The molecule has 0 saturated carbocycles. The molecule has 0 fully saturated rings. The van der Waals surface area contributed by atoms with E-state index in [1.54, 1.807) is 12.1 Å². The van der Waals surface area contributed by atoms with E-state index in [4.69, 9.17) is 0 Å². The fraction of sp³-hybridized carbons (Fsp3) is 0.182. The number of nitrogens with one attached hydrogen (secondary N) is 2. The van der Waals surface area contributed by atoms with E-state index in [1.807, 2.05) is 42.3 Å². The predicted molar refractivity (Wildman–Crippen MR) is 106 cm³/mol. The van der Waals surface area contributed by atoms with Crippen LogP contribution in [-0.4, -0.2) is 37.6 Å². The van der Waals surface area contributed by atoms with Gasteiger partial charge in [-0.1, -0.05) is 30.3 Å². The van der Waals surface area contributed by atoms with Gasteiger partial charge in [0.1, 0.15) is 5.75 Å². The summed E-state index contributed by atoms with van der Waals surface area (Å²) in [5.74, 6) is 0.153. The van der Waals surface area contributed by atoms with Crippen molar-refractivity contribution in [2.24, 2.45) is 0 Å². The highest BCUT2D eigenvalue weighted by Crippen LogP contribution is 2.39. The van der Waals surface area contributed by atoms with Crippen molar-refractivity contribution in [3.8, 4) is 5.75 Å². The number of phenolic OH excluding ortho intramolecular Hbond substituents is 1. The molecule has 140 valence electrons. The van der Waals surface area contributed by atoms with Crippen LogP contribution in [0.4, 0.5) is 0 Å². The number of aromatic hydroxyl groups is 1. The van der Waals surface area contributed by atoms with Crippen LogP contribution in [0.25, 0.3) is 10.9 Å². The first-order chi connectivity index (χ1) is 13.6. The van der Waals surface area contributed by atoms with E-state index in [2.05, 4.69) is 27.3 Å². The summed E-state index contributed by atoms with van der Waals surface area (Å²) in [4.78, 5) is 18.2. The van der Waals surface area contributed by atoms with E-state index >= 15 is 0 Å². The second kappa shape index (κ2) is 6.27. The molecule has 2 aromatic carbocycles. The molecular formula is C22H20N4O2. The number of aryl methyl sites for hydroxylation is 1. The largest absolute Gasteiger partial charge is 0.508 e. The smallest absolute Gasteiger partial charge is 0.275 e. The Bertz CT molecular complexity index is 1170. The average molecular weight is 372 g/mol. The minimum absolute atomic E-state index is 0.0581. The van der Waals surface area contributed by atoms with E-state index in [1.165, 1.54) is 10.9 Å². The maximum atomic E-state index is 13.1. The molecule has 0 bridgehead atoms. The number of hydrogen-bond acceptors (Lipinski definition) is 3. The molecule has 28 heavy (non-hydrogen) atoms. The van der Waals surface area contributed by atoms with Crippen LogP contribution in [0.2, 0.25) is 0 Å². The van der Waals surface area contributed by atoms with Gasteiger partial charge in [0.15, 0.2) is 5.69 Å². The van der Waals surface area contributed by atoms with E-state index in [0.717, 1.165) is 28.8 Å². The number of carbonyl (C=O) groups excluding carboxylic acids is 1. The molecule has 0 unspecified atom stereocenters. The Balaban J connectivity index is 1.50. The highest BCUT2D eigenvalue weighted by Gasteiger charge is 2.41. The Labute approximate surface area is 161 Å². The quantitative estimate of drug-likeness (QED) is 0.511. The summed E-state index contributed by atoms with van der Waals surface area (Å²) in [6.45, 7) is 2.53. The number of aromatic amines is 2. The lowest BCUT2D eigenvalue weighted by Crippen LogP contribution is -2.31. The summed E-state index contributed by atoms with van der Waals surface area (Å²) in [6.07, 6.45) is 2.77. The second-order valence-electron chi connectivity index (χ2n) is 7.21. The van der Waals surface area contributed by atoms with Gasteiger partial charge in [0.25, 0.3) is 5.91 Å². The van der Waals surface area contributed by atoms with Gasteiger partial charge in [-0.15, -0.1) is 0 Å². The minimum atomic E-state index is -0.202. The van der Waals surface area contributed by atoms with Gasteiger partial charge in [-0.2, -0.15) is 5.10 Å². The number of fused-ring (bicyclic) bond motifs is 2. The van der Waals surface area contributed by atoms with E-state index < -0.39 is 0 Å². The number of nitrogens with zero attached hydrogens (tertiary/aromatic N) is 2.